The van der Waals surface area contributed by atoms with E-state index >= 15 is 0 Å². The van der Waals surface area contributed by atoms with Crippen LogP contribution in [0.25, 0.3) is 22.3 Å². The number of aromatic nitrogens is 8. The van der Waals surface area contributed by atoms with Gasteiger partial charge in [0.25, 0.3) is 11.1 Å². The van der Waals surface area contributed by atoms with Gasteiger partial charge in [-0.25, -0.2) is 9.59 Å². The first-order chi connectivity index (χ1) is 34.3. The van der Waals surface area contributed by atoms with Crippen molar-refractivity contribution < 1.29 is 29.6 Å². The monoisotopic (exact) mass is 1030 g/mol. The summed E-state index contributed by atoms with van der Waals surface area (Å²) in [5.41, 5.74) is 1.78. The number of ether oxygens (including phenoxy) is 1. The Bertz CT molecular complexity index is 3380. The maximum absolute atomic E-state index is 13.5. The van der Waals surface area contributed by atoms with E-state index in [1.807, 2.05) is 38.1 Å². The minimum atomic E-state index is -0.510. The molecular formula is C50H51Cl3N8O10. The summed E-state index contributed by atoms with van der Waals surface area (Å²) < 4.78 is 14.5. The normalized spacial score (nSPS) is 11.0. The summed E-state index contributed by atoms with van der Waals surface area (Å²) in [6.07, 6.45) is 3.33. The minimum absolute atomic E-state index is 0.0809. The fourth-order valence-electron chi connectivity index (χ4n) is 7.51. The molecule has 0 radical (unpaired) electrons. The molecule has 0 amide bonds. The van der Waals surface area contributed by atoms with Crippen molar-refractivity contribution in [1.82, 2.24) is 37.4 Å². The van der Waals surface area contributed by atoms with Crippen molar-refractivity contribution in [3.05, 3.63) is 176 Å². The number of aldehydes is 2. The molecule has 0 saturated carbocycles. The van der Waals surface area contributed by atoms with Crippen LogP contribution < -0.4 is 27.2 Å². The lowest BCUT2D eigenvalue weighted by Gasteiger charge is -2.12. The van der Waals surface area contributed by atoms with Gasteiger partial charge in [-0.3, -0.25) is 42.0 Å². The zero-order valence-corrected chi connectivity index (χ0v) is 41.1. The Morgan fingerprint density at radius 3 is 1.49 bits per heavy atom. The van der Waals surface area contributed by atoms with Crippen molar-refractivity contribution in [3.63, 3.8) is 0 Å². The van der Waals surface area contributed by atoms with Crippen LogP contribution in [0.15, 0.2) is 116 Å². The first kappa shape index (κ1) is 53.3. The Morgan fingerprint density at radius 2 is 1.03 bits per heavy atom. The third kappa shape index (κ3) is 12.8. The summed E-state index contributed by atoms with van der Waals surface area (Å²) in [6.45, 7) is 5.15. The van der Waals surface area contributed by atoms with E-state index in [2.05, 4.69) is 9.97 Å². The van der Waals surface area contributed by atoms with E-state index < -0.39 is 22.5 Å². The Labute approximate surface area is 420 Å². The number of phenolic OH excluding ortho intramolecular Hbond substituents is 1. The van der Waals surface area contributed by atoms with Crippen molar-refractivity contribution in [2.45, 2.75) is 78.8 Å². The minimum Gasteiger partial charge on any atom is -0.508 e. The van der Waals surface area contributed by atoms with E-state index in [0.29, 0.717) is 78.4 Å². The first-order valence-electron chi connectivity index (χ1n) is 22.6. The molecule has 0 fully saturated rings. The number of carbonyl (C=O) groups is 2. The van der Waals surface area contributed by atoms with Crippen molar-refractivity contribution in [3.8, 4) is 17.5 Å². The fourth-order valence-corrected chi connectivity index (χ4v) is 7.98. The SMILES string of the molecule is CCCn1c(=O)n(CCCO)c(=O)c2c1nc(Cl)n2Cc1ccc(Cl)cc1.CCCn1c(=O)n(CCCO)c(=O)c2c1nc(Oc1cccc(C=O)c1)n2Cc1ccc(Cl)cc1.O=Cc1cccc(O)c1. The number of halogens is 3. The second-order valence-corrected chi connectivity index (χ2v) is 17.2. The third-order valence-corrected chi connectivity index (χ3v) is 11.6. The molecule has 0 atom stereocenters. The molecular weight excluding hydrogens is 979 g/mol. The molecule has 0 unspecified atom stereocenters. The largest absolute Gasteiger partial charge is 0.508 e. The van der Waals surface area contributed by atoms with Gasteiger partial charge in [0.05, 0.1) is 13.1 Å². The molecule has 71 heavy (non-hydrogen) atoms. The van der Waals surface area contributed by atoms with Gasteiger partial charge < -0.3 is 24.6 Å². The Morgan fingerprint density at radius 1 is 0.563 bits per heavy atom. The molecule has 0 spiro atoms. The molecule has 4 heterocycles. The lowest BCUT2D eigenvalue weighted by atomic mass is 10.2. The van der Waals surface area contributed by atoms with Gasteiger partial charge in [0.1, 0.15) is 24.1 Å². The highest BCUT2D eigenvalue weighted by molar-refractivity contribution is 6.31. The topological polar surface area (TPSA) is 228 Å². The highest BCUT2D eigenvalue weighted by Gasteiger charge is 2.24. The zero-order valence-electron chi connectivity index (χ0n) is 38.8. The van der Waals surface area contributed by atoms with Gasteiger partial charge in [-0.05, 0) is 96.9 Å². The van der Waals surface area contributed by atoms with Crippen LogP contribution in [0.5, 0.6) is 17.5 Å². The molecule has 0 aliphatic carbocycles. The molecule has 21 heteroatoms. The van der Waals surface area contributed by atoms with E-state index in [9.17, 15) is 33.9 Å². The molecule has 0 aliphatic heterocycles. The van der Waals surface area contributed by atoms with Crippen LogP contribution in [0.1, 0.15) is 71.4 Å². The molecule has 0 saturated heterocycles. The molecule has 0 bridgehead atoms. The number of rotatable bonds is 18. The van der Waals surface area contributed by atoms with Crippen LogP contribution in [0.3, 0.4) is 0 Å². The molecule has 3 N–H and O–H groups in total. The number of aromatic hydroxyl groups is 1. The summed E-state index contributed by atoms with van der Waals surface area (Å²) in [5.74, 6) is 0.492. The lowest BCUT2D eigenvalue weighted by Crippen LogP contribution is -2.41. The number of nitrogens with zero attached hydrogens (tertiary/aromatic N) is 8. The Kier molecular flexibility index (Phi) is 18.9. The van der Waals surface area contributed by atoms with Crippen molar-refractivity contribution in [2.24, 2.45) is 0 Å². The zero-order chi connectivity index (χ0) is 51.2. The second-order valence-electron chi connectivity index (χ2n) is 16.0. The molecule has 4 aromatic carbocycles. The molecule has 18 nitrogen and oxygen atoms in total. The van der Waals surface area contributed by atoms with E-state index in [1.54, 1.807) is 69.8 Å². The summed E-state index contributed by atoms with van der Waals surface area (Å²) in [5, 5.41) is 28.5. The van der Waals surface area contributed by atoms with Gasteiger partial charge >= 0.3 is 17.4 Å². The van der Waals surface area contributed by atoms with E-state index in [1.165, 1.54) is 21.3 Å². The Hall–Kier alpha value is -7.09. The van der Waals surface area contributed by atoms with Crippen molar-refractivity contribution in [1.29, 1.82) is 0 Å². The number of benzene rings is 4. The van der Waals surface area contributed by atoms with E-state index in [0.717, 1.165) is 20.3 Å². The van der Waals surface area contributed by atoms with Crippen LogP contribution in [-0.2, 0) is 39.3 Å². The van der Waals surface area contributed by atoms with Gasteiger partial charge in [-0.1, -0.05) is 85.6 Å². The number of phenols is 1. The van der Waals surface area contributed by atoms with E-state index in [-0.39, 0.29) is 78.6 Å². The fraction of sp³-hybridized carbons (Fsp3) is 0.280. The Balaban J connectivity index is 0.000000202. The average molecular weight is 1030 g/mol. The number of aryl methyl sites for hydroxylation is 2. The highest BCUT2D eigenvalue weighted by atomic mass is 35.5. The number of hydrogen-bond donors (Lipinski definition) is 3. The number of hydrogen-bond acceptors (Lipinski definition) is 12. The number of fused-ring (bicyclic) bond motifs is 2. The van der Waals surface area contributed by atoms with Crippen LogP contribution in [0, 0.1) is 0 Å². The second kappa shape index (κ2) is 25.2. The van der Waals surface area contributed by atoms with Gasteiger partial charge in [0.15, 0.2) is 22.3 Å². The standard InChI is InChI=1S/C25H25ClN4O5.C18H20Cl2N4O3.C7H6O2/c1-2-11-28-22-21(23(33)29(25(28)34)12-4-13-31)30(15-17-7-9-19(26)10-8-17)24(27-22)35-20-6-3-5-18(14-20)16-32;1-2-8-22-15-14(16(26)23(18(22)27)9-3-10-25)24(17(20)21-15)11-12-4-6-13(19)7-5-12;8-5-6-2-1-3-7(9)4-6/h3,5-10,14,16,31H,2,4,11-13,15H2,1H3;4-7,25H,2-3,8-11H2,1H3;1-5,9H. The quantitative estimate of drug-likeness (QED) is 0.0574. The maximum Gasteiger partial charge on any atom is 0.332 e. The van der Waals surface area contributed by atoms with Gasteiger partial charge in [-0.2, -0.15) is 9.97 Å². The molecule has 8 rings (SSSR count). The average Bonchev–Trinajstić information content (AvgIpc) is 3.89. The predicted molar refractivity (Wildman–Crippen MR) is 272 cm³/mol. The lowest BCUT2D eigenvalue weighted by molar-refractivity contribution is 0.111. The van der Waals surface area contributed by atoms with Crippen molar-refractivity contribution in [2.75, 3.05) is 13.2 Å². The van der Waals surface area contributed by atoms with Crippen LogP contribution in [0.4, 0.5) is 0 Å². The van der Waals surface area contributed by atoms with Gasteiger partial charge in [-0.15, -0.1) is 0 Å². The molecule has 372 valence electrons. The summed E-state index contributed by atoms with van der Waals surface area (Å²) >= 11 is 18.3. The number of imidazole rings is 2. The highest BCUT2D eigenvalue weighted by Crippen LogP contribution is 2.27. The van der Waals surface area contributed by atoms with Crippen LogP contribution >= 0.6 is 34.8 Å². The molecule has 0 aliphatic rings. The number of aliphatic hydroxyl groups is 2. The maximum atomic E-state index is 13.5. The van der Waals surface area contributed by atoms with Crippen molar-refractivity contribution >= 4 is 69.7 Å². The van der Waals surface area contributed by atoms with Crippen LogP contribution in [0.2, 0.25) is 15.3 Å². The third-order valence-electron chi connectivity index (χ3n) is 10.8. The van der Waals surface area contributed by atoms with Crippen LogP contribution in [-0.4, -0.2) is 78.5 Å². The summed E-state index contributed by atoms with van der Waals surface area (Å²) in [4.78, 5) is 82.6. The van der Waals surface area contributed by atoms with Gasteiger partial charge in [0.2, 0.25) is 5.28 Å². The predicted octanol–water partition coefficient (Wildman–Crippen LogP) is 7.17. The molecule has 8 aromatic rings. The van der Waals surface area contributed by atoms with E-state index in [4.69, 9.17) is 49.8 Å². The number of carbonyl (C=O) groups excluding carboxylic acids is 2. The number of aliphatic hydroxyl groups excluding tert-OH is 2. The summed E-state index contributed by atoms with van der Waals surface area (Å²) in [7, 11) is 0. The summed E-state index contributed by atoms with van der Waals surface area (Å²) in [6, 6.07) is 27.2. The van der Waals surface area contributed by atoms with Gasteiger partial charge in [0, 0.05) is 60.6 Å². The first-order valence-corrected chi connectivity index (χ1v) is 23.7. The molecule has 4 aromatic heterocycles. The smallest absolute Gasteiger partial charge is 0.332 e.